The van der Waals surface area contributed by atoms with Crippen molar-refractivity contribution in [1.82, 2.24) is 19.9 Å². The summed E-state index contributed by atoms with van der Waals surface area (Å²) in [5.41, 5.74) is 42.9. The van der Waals surface area contributed by atoms with Crippen molar-refractivity contribution >= 4 is 117 Å². The number of nitrogen functional groups attached to an aromatic ring is 6. The Labute approximate surface area is 425 Å². The van der Waals surface area contributed by atoms with E-state index in [-0.39, 0.29) is 17.5 Å². The highest BCUT2D eigenvalue weighted by Crippen LogP contribution is 2.38. The minimum absolute atomic E-state index is 0.0119. The van der Waals surface area contributed by atoms with Gasteiger partial charge in [-0.05, 0) is 116 Å². The fourth-order valence-electron chi connectivity index (χ4n) is 7.22. The van der Waals surface area contributed by atoms with Crippen molar-refractivity contribution in [2.24, 2.45) is 47.9 Å². The lowest BCUT2D eigenvalue weighted by molar-refractivity contribution is 1.22. The first kappa shape index (κ1) is 49.3. The highest BCUT2D eigenvalue weighted by Gasteiger charge is 2.12. The van der Waals surface area contributed by atoms with E-state index < -0.39 is 0 Å². The molecule has 0 amide bonds. The number of rotatable bonds is 10. The standard InChI is InChI=1S/C20H17N7.C17H16N6.C16H13BrN6/c21-19(22)12-5-7-15(8-6-12)26-27-18-16-10-13(17-2-1-9-24-17)3-4-14(16)11-25-20(18)23;1-10-2-7-14-12(8-10)9-21-17(20)15(14)23-22-13-5-3-11(4-6-13)16(18)19;17-12-3-1-2-10-8-21-16(20)14(13(10)12)23-22-11-6-4-9(5-7-11)15(18)19/h1-11,24H,(H3,21,22)(H2,23,25);2-9H,1H3,(H3,18,19)(H2,20,21);1-8H,(H3,18,19)(H2,20,21). The third kappa shape index (κ3) is 11.9. The summed E-state index contributed by atoms with van der Waals surface area (Å²) in [4.78, 5) is 15.8. The van der Waals surface area contributed by atoms with Gasteiger partial charge in [0, 0.05) is 84.0 Å². The number of halogens is 1. The van der Waals surface area contributed by atoms with Crippen LogP contribution in [0.25, 0.3) is 43.6 Å². The fraction of sp³-hybridized carbons (Fsp3) is 0.0189. The largest absolute Gasteiger partial charge is 0.384 e. The molecule has 0 spiro atoms. The smallest absolute Gasteiger partial charge is 0.151 e. The quantitative estimate of drug-likeness (QED) is 0.0353. The SMILES string of the molecule is Cc1ccc2c(N=Nc3ccc(C(=N)N)cc3)c(N)ncc2c1.N=C(N)c1ccc(N=Nc2c(N)ncc3ccc(-c4ccc[nH]4)cc23)cc1.N=C(N)c1ccc(N=Nc2c(N)ncc3cccc(Br)c23)cc1. The molecule has 0 radical (unpaired) electrons. The number of pyridine rings is 3. The Hall–Kier alpha value is -10.1. The number of anilines is 3. The minimum Gasteiger partial charge on any atom is -0.384 e. The number of azo groups is 3. The van der Waals surface area contributed by atoms with Crippen molar-refractivity contribution in [3.05, 3.63) is 191 Å². The number of benzene rings is 6. The summed E-state index contributed by atoms with van der Waals surface area (Å²) >= 11 is 3.51. The molecule has 4 aromatic heterocycles. The Morgan fingerprint density at radius 3 is 1.47 bits per heavy atom. The number of hydrogen-bond acceptors (Lipinski definition) is 15. The highest BCUT2D eigenvalue weighted by molar-refractivity contribution is 9.10. The fourth-order valence-corrected chi connectivity index (χ4v) is 7.79. The zero-order valence-electron chi connectivity index (χ0n) is 39.0. The second-order valence-corrected chi connectivity index (χ2v) is 17.0. The zero-order chi connectivity index (χ0) is 51.6. The highest BCUT2D eigenvalue weighted by atomic mass is 79.9. The Morgan fingerprint density at radius 1 is 0.479 bits per heavy atom. The van der Waals surface area contributed by atoms with E-state index in [0.29, 0.717) is 68.3 Å². The van der Waals surface area contributed by atoms with Crippen LogP contribution >= 0.6 is 15.9 Å². The van der Waals surface area contributed by atoms with Crippen LogP contribution in [0.4, 0.5) is 51.6 Å². The van der Waals surface area contributed by atoms with Crippen LogP contribution in [0.5, 0.6) is 0 Å². The predicted molar refractivity (Wildman–Crippen MR) is 296 cm³/mol. The van der Waals surface area contributed by atoms with Gasteiger partial charge in [0.1, 0.15) is 34.6 Å². The van der Waals surface area contributed by atoms with E-state index in [0.717, 1.165) is 53.6 Å². The van der Waals surface area contributed by atoms with Crippen LogP contribution < -0.4 is 34.4 Å². The molecule has 19 nitrogen and oxygen atoms in total. The van der Waals surface area contributed by atoms with E-state index in [1.54, 1.807) is 91.4 Å². The molecule has 0 saturated heterocycles. The van der Waals surface area contributed by atoms with Crippen LogP contribution in [-0.2, 0) is 0 Å². The summed E-state index contributed by atoms with van der Waals surface area (Å²) < 4.78 is 0.880. The summed E-state index contributed by atoms with van der Waals surface area (Å²) in [5.74, 6) is 1.01. The second kappa shape index (κ2) is 22.1. The number of aromatic amines is 1. The van der Waals surface area contributed by atoms with Gasteiger partial charge in [-0.15, -0.1) is 15.3 Å². The Bertz CT molecular complexity index is 3750. The number of nitrogens with zero attached hydrogens (tertiary/aromatic N) is 9. The topological polar surface area (TPSA) is 356 Å². The number of fused-ring (bicyclic) bond motifs is 3. The molecule has 10 aromatic rings. The Balaban J connectivity index is 0.000000147. The van der Waals surface area contributed by atoms with Crippen LogP contribution in [0.15, 0.2) is 199 Å². The number of nitrogens with two attached hydrogens (primary N) is 6. The molecule has 0 aliphatic rings. The van der Waals surface area contributed by atoms with Gasteiger partial charge < -0.3 is 39.4 Å². The van der Waals surface area contributed by atoms with Crippen LogP contribution in [0, 0.1) is 23.2 Å². The molecule has 0 aliphatic carbocycles. The molecule has 0 atom stereocenters. The van der Waals surface area contributed by atoms with Gasteiger partial charge >= 0.3 is 0 Å². The molecule has 16 N–H and O–H groups in total. The van der Waals surface area contributed by atoms with Gasteiger partial charge in [0.2, 0.25) is 0 Å². The average molecular weight is 1030 g/mol. The Kier molecular flexibility index (Phi) is 15.0. The number of H-pyrrole nitrogens is 1. The monoisotopic (exact) mass is 1030 g/mol. The third-order valence-electron chi connectivity index (χ3n) is 11.0. The summed E-state index contributed by atoms with van der Waals surface area (Å²) in [6.45, 7) is 2.02. The number of aryl methyl sites for hydroxylation is 1. The minimum atomic E-state index is 0.0119. The maximum absolute atomic E-state index is 7.44. The van der Waals surface area contributed by atoms with Gasteiger partial charge in [-0.25, -0.2) is 15.0 Å². The molecular weight excluding hydrogens is 983 g/mol. The summed E-state index contributed by atoms with van der Waals surface area (Å²) in [6.07, 6.45) is 7.05. The zero-order valence-corrected chi connectivity index (χ0v) is 40.5. The van der Waals surface area contributed by atoms with Gasteiger partial charge in [-0.2, -0.15) is 15.3 Å². The molecule has 0 unspecified atom stereocenters. The van der Waals surface area contributed by atoms with Gasteiger partial charge in [0.05, 0.1) is 17.1 Å². The van der Waals surface area contributed by atoms with Gasteiger partial charge in [-0.3, -0.25) is 16.2 Å². The lowest BCUT2D eigenvalue weighted by Gasteiger charge is -2.06. The van der Waals surface area contributed by atoms with Crippen molar-refractivity contribution in [3.8, 4) is 11.3 Å². The Morgan fingerprint density at radius 2 is 0.959 bits per heavy atom. The molecule has 0 saturated carbocycles. The first-order valence-corrected chi connectivity index (χ1v) is 22.9. The first-order chi connectivity index (χ1) is 35.2. The molecule has 0 aliphatic heterocycles. The van der Waals surface area contributed by atoms with Gasteiger partial charge in [-0.1, -0.05) is 57.9 Å². The molecule has 20 heteroatoms. The molecule has 0 bridgehead atoms. The normalized spacial score (nSPS) is 11.2. The van der Waals surface area contributed by atoms with Crippen LogP contribution in [0.3, 0.4) is 0 Å². The molecule has 4 heterocycles. The van der Waals surface area contributed by atoms with Crippen LogP contribution in [0.1, 0.15) is 22.3 Å². The van der Waals surface area contributed by atoms with E-state index in [1.807, 2.05) is 79.9 Å². The summed E-state index contributed by atoms with van der Waals surface area (Å²) in [5, 5.41) is 53.2. The van der Waals surface area contributed by atoms with Gasteiger partial charge in [0.15, 0.2) is 17.5 Å². The average Bonchev–Trinajstić information content (AvgIpc) is 3.94. The lowest BCUT2D eigenvalue weighted by Crippen LogP contribution is -2.10. The van der Waals surface area contributed by atoms with Crippen molar-refractivity contribution in [3.63, 3.8) is 0 Å². The summed E-state index contributed by atoms with van der Waals surface area (Å²) in [7, 11) is 0. The van der Waals surface area contributed by atoms with E-state index >= 15 is 0 Å². The van der Waals surface area contributed by atoms with E-state index in [9.17, 15) is 0 Å². The molecular formula is C53H46BrN19. The van der Waals surface area contributed by atoms with E-state index in [2.05, 4.69) is 66.6 Å². The first-order valence-electron chi connectivity index (χ1n) is 22.1. The number of nitrogens with one attached hydrogen (secondary N) is 4. The van der Waals surface area contributed by atoms with E-state index in [1.165, 1.54) is 0 Å². The van der Waals surface area contributed by atoms with Crippen LogP contribution in [0.2, 0.25) is 0 Å². The molecule has 6 aromatic carbocycles. The second-order valence-electron chi connectivity index (χ2n) is 16.1. The maximum atomic E-state index is 7.44. The molecule has 360 valence electrons. The molecule has 0 fully saturated rings. The number of aromatic nitrogens is 4. The summed E-state index contributed by atoms with van der Waals surface area (Å²) in [6, 6.07) is 42.6. The predicted octanol–water partition coefficient (Wildman–Crippen LogP) is 12.6. The maximum Gasteiger partial charge on any atom is 0.151 e. The molecule has 10 rings (SSSR count). The number of hydrogen-bond donors (Lipinski definition) is 10. The third-order valence-corrected chi connectivity index (χ3v) is 11.7. The van der Waals surface area contributed by atoms with Crippen molar-refractivity contribution in [2.75, 3.05) is 17.2 Å². The van der Waals surface area contributed by atoms with Crippen LogP contribution in [-0.4, -0.2) is 37.4 Å². The van der Waals surface area contributed by atoms with Crippen molar-refractivity contribution in [1.29, 1.82) is 16.2 Å². The number of amidine groups is 3. The molecule has 73 heavy (non-hydrogen) atoms. The van der Waals surface area contributed by atoms with Gasteiger partial charge in [0.25, 0.3) is 0 Å². The van der Waals surface area contributed by atoms with Crippen molar-refractivity contribution in [2.45, 2.75) is 6.92 Å². The lowest BCUT2D eigenvalue weighted by atomic mass is 10.1. The van der Waals surface area contributed by atoms with Crippen molar-refractivity contribution < 1.29 is 0 Å². The van der Waals surface area contributed by atoms with E-state index in [4.69, 9.17) is 50.6 Å².